The molecule has 1 N–H and O–H groups in total. The Morgan fingerprint density at radius 3 is 2.35 bits per heavy atom. The fourth-order valence-corrected chi connectivity index (χ4v) is 3.10. The van der Waals surface area contributed by atoms with E-state index in [9.17, 15) is 0 Å². The quantitative estimate of drug-likeness (QED) is 0.733. The van der Waals surface area contributed by atoms with Crippen molar-refractivity contribution in [2.75, 3.05) is 13.2 Å². The van der Waals surface area contributed by atoms with Crippen molar-refractivity contribution >= 4 is 0 Å². The van der Waals surface area contributed by atoms with Crippen molar-refractivity contribution in [3.8, 4) is 0 Å². The van der Waals surface area contributed by atoms with Crippen LogP contribution in [0.1, 0.15) is 51.7 Å². The van der Waals surface area contributed by atoms with E-state index in [2.05, 4.69) is 64.2 Å². The maximum Gasteiger partial charge on any atom is 0.0832 e. The highest BCUT2D eigenvalue weighted by Gasteiger charge is 2.35. The van der Waals surface area contributed by atoms with E-state index in [4.69, 9.17) is 4.74 Å². The van der Waals surface area contributed by atoms with Crippen molar-refractivity contribution in [3.63, 3.8) is 0 Å². The summed E-state index contributed by atoms with van der Waals surface area (Å²) in [5, 5.41) is 3.65. The van der Waals surface area contributed by atoms with Gasteiger partial charge < -0.3 is 10.1 Å². The van der Waals surface area contributed by atoms with E-state index >= 15 is 0 Å². The second-order valence-corrected chi connectivity index (χ2v) is 5.51. The van der Waals surface area contributed by atoms with Gasteiger partial charge in [-0.25, -0.2) is 0 Å². The van der Waals surface area contributed by atoms with Gasteiger partial charge in [-0.3, -0.25) is 0 Å². The van der Waals surface area contributed by atoms with Crippen LogP contribution in [0.5, 0.6) is 0 Å². The fraction of sp³-hybridized carbons (Fsp3) is 0.667. The molecular weight excluding hydrogens is 246 g/mol. The molecule has 0 aliphatic heterocycles. The second-order valence-electron chi connectivity index (χ2n) is 5.51. The van der Waals surface area contributed by atoms with E-state index in [-0.39, 0.29) is 5.60 Å². The van der Waals surface area contributed by atoms with Crippen LogP contribution in [0.2, 0.25) is 0 Å². The third kappa shape index (κ3) is 4.32. The van der Waals surface area contributed by atoms with Crippen LogP contribution in [-0.2, 0) is 11.2 Å². The van der Waals surface area contributed by atoms with Gasteiger partial charge >= 0.3 is 0 Å². The van der Waals surface area contributed by atoms with Gasteiger partial charge in [-0.2, -0.15) is 0 Å². The van der Waals surface area contributed by atoms with E-state index in [1.165, 1.54) is 11.1 Å². The minimum atomic E-state index is -0.0610. The maximum absolute atomic E-state index is 6.18. The number of likely N-dealkylation sites (N-methyl/N-ethyl adjacent to an activating group) is 1. The summed E-state index contributed by atoms with van der Waals surface area (Å²) >= 11 is 0. The molecule has 1 atom stereocenters. The molecule has 1 aromatic rings. The molecule has 0 aromatic heterocycles. The molecule has 1 unspecified atom stereocenters. The second kappa shape index (κ2) is 8.43. The summed E-state index contributed by atoms with van der Waals surface area (Å²) in [4.78, 5) is 0. The first kappa shape index (κ1) is 17.2. The van der Waals surface area contributed by atoms with Gasteiger partial charge in [0.05, 0.1) is 5.60 Å². The number of benzene rings is 1. The smallest absolute Gasteiger partial charge is 0.0832 e. The van der Waals surface area contributed by atoms with Crippen molar-refractivity contribution in [1.29, 1.82) is 0 Å². The summed E-state index contributed by atoms with van der Waals surface area (Å²) in [6, 6.07) is 9.17. The number of nitrogens with one attached hydrogen (secondary N) is 1. The van der Waals surface area contributed by atoms with Crippen LogP contribution >= 0.6 is 0 Å². The summed E-state index contributed by atoms with van der Waals surface area (Å²) in [5.74, 6) is 0. The van der Waals surface area contributed by atoms with Gasteiger partial charge in [0.25, 0.3) is 0 Å². The Balaban J connectivity index is 2.96. The average molecular weight is 277 g/mol. The van der Waals surface area contributed by atoms with Crippen molar-refractivity contribution in [3.05, 3.63) is 35.4 Å². The molecule has 0 bridgehead atoms. The van der Waals surface area contributed by atoms with E-state index in [1.807, 2.05) is 0 Å². The molecule has 0 fully saturated rings. The lowest BCUT2D eigenvalue weighted by Crippen LogP contribution is -2.53. The lowest BCUT2D eigenvalue weighted by atomic mass is 9.84. The number of hydrogen-bond donors (Lipinski definition) is 1. The van der Waals surface area contributed by atoms with Crippen molar-refractivity contribution in [2.45, 2.75) is 65.5 Å². The monoisotopic (exact) mass is 277 g/mol. The molecule has 1 rings (SSSR count). The highest BCUT2D eigenvalue weighted by Crippen LogP contribution is 2.27. The lowest BCUT2D eigenvalue weighted by molar-refractivity contribution is -0.0715. The molecule has 0 saturated carbocycles. The predicted octanol–water partition coefficient (Wildman–Crippen LogP) is 4.11. The average Bonchev–Trinajstić information content (AvgIpc) is 2.45. The first-order valence-corrected chi connectivity index (χ1v) is 8.04. The van der Waals surface area contributed by atoms with E-state index < -0.39 is 0 Å². The Morgan fingerprint density at radius 1 is 1.15 bits per heavy atom. The Kier molecular flexibility index (Phi) is 7.25. The molecule has 20 heavy (non-hydrogen) atoms. The number of hydrogen-bond acceptors (Lipinski definition) is 2. The van der Waals surface area contributed by atoms with Crippen LogP contribution in [0.25, 0.3) is 0 Å². The zero-order valence-corrected chi connectivity index (χ0v) is 13.8. The predicted molar refractivity (Wildman–Crippen MR) is 87.3 cm³/mol. The summed E-state index contributed by atoms with van der Waals surface area (Å²) in [5.41, 5.74) is 2.66. The minimum Gasteiger partial charge on any atom is -0.374 e. The van der Waals surface area contributed by atoms with E-state index in [0.717, 1.165) is 32.4 Å². The largest absolute Gasteiger partial charge is 0.374 e. The highest BCUT2D eigenvalue weighted by molar-refractivity contribution is 5.23. The van der Waals surface area contributed by atoms with Crippen molar-refractivity contribution in [2.24, 2.45) is 0 Å². The number of rotatable bonds is 9. The molecule has 0 amide bonds. The third-order valence-corrected chi connectivity index (χ3v) is 4.24. The summed E-state index contributed by atoms with van der Waals surface area (Å²) in [7, 11) is 0. The SMILES string of the molecule is CCNC(Cc1cccc(C)c1)C(CC)(CC)OCC. The molecule has 0 radical (unpaired) electrons. The summed E-state index contributed by atoms with van der Waals surface area (Å²) < 4.78 is 6.18. The van der Waals surface area contributed by atoms with Gasteiger partial charge in [0.2, 0.25) is 0 Å². The first-order valence-electron chi connectivity index (χ1n) is 8.04. The molecule has 114 valence electrons. The van der Waals surface area contributed by atoms with E-state index in [0.29, 0.717) is 6.04 Å². The fourth-order valence-electron chi connectivity index (χ4n) is 3.10. The Bertz CT molecular complexity index is 385. The zero-order chi connectivity index (χ0) is 15.0. The lowest BCUT2D eigenvalue weighted by Gasteiger charge is -2.40. The molecule has 0 aliphatic carbocycles. The van der Waals surface area contributed by atoms with Crippen LogP contribution in [-0.4, -0.2) is 24.8 Å². The first-order chi connectivity index (χ1) is 9.61. The van der Waals surface area contributed by atoms with Crippen LogP contribution in [0.4, 0.5) is 0 Å². The molecule has 0 saturated heterocycles. The molecule has 1 aromatic carbocycles. The molecule has 0 spiro atoms. The van der Waals surface area contributed by atoms with Crippen LogP contribution < -0.4 is 5.32 Å². The minimum absolute atomic E-state index is 0.0610. The molecule has 2 heteroatoms. The Morgan fingerprint density at radius 2 is 1.85 bits per heavy atom. The topological polar surface area (TPSA) is 21.3 Å². The van der Waals surface area contributed by atoms with Crippen molar-refractivity contribution in [1.82, 2.24) is 5.32 Å². The summed E-state index contributed by atoms with van der Waals surface area (Å²) in [6.45, 7) is 12.6. The van der Waals surface area contributed by atoms with Gasteiger partial charge in [-0.05, 0) is 45.2 Å². The van der Waals surface area contributed by atoms with Crippen LogP contribution in [0, 0.1) is 6.92 Å². The van der Waals surface area contributed by atoms with Gasteiger partial charge in [0.1, 0.15) is 0 Å². The van der Waals surface area contributed by atoms with Gasteiger partial charge in [0, 0.05) is 12.6 Å². The Hall–Kier alpha value is -0.860. The highest BCUT2D eigenvalue weighted by atomic mass is 16.5. The zero-order valence-electron chi connectivity index (χ0n) is 13.8. The van der Waals surface area contributed by atoms with Crippen molar-refractivity contribution < 1.29 is 4.74 Å². The van der Waals surface area contributed by atoms with E-state index in [1.54, 1.807) is 0 Å². The van der Waals surface area contributed by atoms with Gasteiger partial charge in [-0.1, -0.05) is 50.6 Å². The normalized spacial score (nSPS) is 13.4. The molecule has 0 heterocycles. The standard InChI is InChI=1S/C18H31NO/c1-6-18(7-2,20-9-4)17(19-8-3)14-16-12-10-11-15(5)13-16/h10-13,17,19H,6-9,14H2,1-5H3. The molecule has 2 nitrogen and oxygen atoms in total. The van der Waals surface area contributed by atoms with Gasteiger partial charge in [-0.15, -0.1) is 0 Å². The Labute approximate surface area is 124 Å². The number of ether oxygens (including phenoxy) is 1. The van der Waals surface area contributed by atoms with Crippen LogP contribution in [0.3, 0.4) is 0 Å². The maximum atomic E-state index is 6.18. The van der Waals surface area contributed by atoms with Crippen LogP contribution in [0.15, 0.2) is 24.3 Å². The molecule has 0 aliphatic rings. The van der Waals surface area contributed by atoms with Gasteiger partial charge in [0.15, 0.2) is 0 Å². The molecular formula is C18H31NO. The number of aryl methyl sites for hydroxylation is 1. The third-order valence-electron chi connectivity index (χ3n) is 4.24. The summed E-state index contributed by atoms with van der Waals surface area (Å²) in [6.07, 6.45) is 3.11.